The molecule has 0 aromatic carbocycles. The number of aromatic nitrogens is 3. The van der Waals surface area contributed by atoms with Crippen LogP contribution >= 0.6 is 0 Å². The number of carbonyl (C=O) groups is 1. The molecule has 2 aliphatic rings. The van der Waals surface area contributed by atoms with Gasteiger partial charge in [0, 0.05) is 6.54 Å². The predicted octanol–water partition coefficient (Wildman–Crippen LogP) is 1.61. The Morgan fingerprint density at radius 1 is 1.39 bits per heavy atom. The standard InChI is InChI=1S/C12H18N4O2/c1-18-11(17)10-14-12-13-7-6-9(16(12)15-10)8-4-2-3-5-8/h8-9H,2-7H2,1H3,(H,13,14,15). The van der Waals surface area contributed by atoms with E-state index in [-0.39, 0.29) is 5.82 Å². The summed E-state index contributed by atoms with van der Waals surface area (Å²) in [6.07, 6.45) is 6.20. The number of methoxy groups -OCH3 is 1. The van der Waals surface area contributed by atoms with Gasteiger partial charge in [-0.05, 0) is 25.2 Å². The fourth-order valence-electron chi connectivity index (χ4n) is 3.08. The number of anilines is 1. The van der Waals surface area contributed by atoms with E-state index < -0.39 is 5.97 Å². The van der Waals surface area contributed by atoms with Crippen LogP contribution in [0, 0.1) is 5.92 Å². The maximum Gasteiger partial charge on any atom is 0.378 e. The van der Waals surface area contributed by atoms with Gasteiger partial charge in [-0.25, -0.2) is 9.48 Å². The quantitative estimate of drug-likeness (QED) is 0.808. The normalized spacial score (nSPS) is 23.5. The molecular weight excluding hydrogens is 232 g/mol. The monoisotopic (exact) mass is 250 g/mol. The van der Waals surface area contributed by atoms with Crippen molar-refractivity contribution in [1.82, 2.24) is 14.8 Å². The van der Waals surface area contributed by atoms with E-state index in [1.807, 2.05) is 4.68 Å². The maximum absolute atomic E-state index is 11.5. The van der Waals surface area contributed by atoms with Crippen molar-refractivity contribution in [1.29, 1.82) is 0 Å². The molecule has 1 unspecified atom stereocenters. The first-order valence-corrected chi connectivity index (χ1v) is 6.58. The summed E-state index contributed by atoms with van der Waals surface area (Å²) in [5.41, 5.74) is 0. The van der Waals surface area contributed by atoms with Crippen LogP contribution < -0.4 is 5.32 Å². The molecular formula is C12H18N4O2. The van der Waals surface area contributed by atoms with Crippen LogP contribution in [0.4, 0.5) is 5.95 Å². The lowest BCUT2D eigenvalue weighted by molar-refractivity contribution is 0.0586. The Hall–Kier alpha value is -1.59. The van der Waals surface area contributed by atoms with Crippen LogP contribution in [-0.4, -0.2) is 34.4 Å². The minimum atomic E-state index is -0.469. The highest BCUT2D eigenvalue weighted by atomic mass is 16.5. The van der Waals surface area contributed by atoms with Gasteiger partial charge < -0.3 is 10.1 Å². The van der Waals surface area contributed by atoms with Crippen molar-refractivity contribution in [3.8, 4) is 0 Å². The topological polar surface area (TPSA) is 69.0 Å². The number of hydrogen-bond acceptors (Lipinski definition) is 5. The van der Waals surface area contributed by atoms with E-state index in [9.17, 15) is 4.79 Å². The number of nitrogens with zero attached hydrogens (tertiary/aromatic N) is 3. The SMILES string of the molecule is COC(=O)c1nc2n(n1)C(C1CCCC1)CCN2. The van der Waals surface area contributed by atoms with Crippen molar-refractivity contribution >= 4 is 11.9 Å². The van der Waals surface area contributed by atoms with Crippen molar-refractivity contribution < 1.29 is 9.53 Å². The summed E-state index contributed by atoms with van der Waals surface area (Å²) in [5, 5.41) is 7.51. The summed E-state index contributed by atoms with van der Waals surface area (Å²) in [7, 11) is 1.35. The van der Waals surface area contributed by atoms with E-state index in [4.69, 9.17) is 0 Å². The Kier molecular flexibility index (Phi) is 2.93. The zero-order chi connectivity index (χ0) is 12.5. The summed E-state index contributed by atoms with van der Waals surface area (Å²) < 4.78 is 6.56. The molecule has 6 heteroatoms. The summed E-state index contributed by atoms with van der Waals surface area (Å²) in [5.74, 6) is 1.07. The van der Waals surface area contributed by atoms with Gasteiger partial charge in [0.2, 0.25) is 5.95 Å². The molecule has 1 aromatic heterocycles. The lowest BCUT2D eigenvalue weighted by atomic mass is 9.95. The van der Waals surface area contributed by atoms with Crippen molar-refractivity contribution in [3.05, 3.63) is 5.82 Å². The smallest absolute Gasteiger partial charge is 0.378 e. The molecule has 3 rings (SSSR count). The zero-order valence-corrected chi connectivity index (χ0v) is 10.6. The fraction of sp³-hybridized carbons (Fsp3) is 0.750. The second kappa shape index (κ2) is 4.59. The second-order valence-corrected chi connectivity index (χ2v) is 5.02. The Labute approximate surface area is 106 Å². The highest BCUT2D eigenvalue weighted by Gasteiger charge is 2.32. The number of hydrogen-bond donors (Lipinski definition) is 1. The minimum Gasteiger partial charge on any atom is -0.463 e. The average Bonchev–Trinajstić information content (AvgIpc) is 3.05. The molecule has 1 aliphatic carbocycles. The zero-order valence-electron chi connectivity index (χ0n) is 10.6. The molecule has 1 aromatic rings. The van der Waals surface area contributed by atoms with E-state index in [1.165, 1.54) is 32.8 Å². The summed E-state index contributed by atoms with van der Waals surface area (Å²) in [6, 6.07) is 0.384. The molecule has 6 nitrogen and oxygen atoms in total. The predicted molar refractivity (Wildman–Crippen MR) is 65.5 cm³/mol. The van der Waals surface area contributed by atoms with E-state index in [2.05, 4.69) is 20.1 Å². The van der Waals surface area contributed by atoms with Crippen LogP contribution in [0.5, 0.6) is 0 Å². The summed E-state index contributed by atoms with van der Waals surface area (Å²) in [4.78, 5) is 15.7. The van der Waals surface area contributed by atoms with E-state index >= 15 is 0 Å². The lowest BCUT2D eigenvalue weighted by Gasteiger charge is -2.28. The van der Waals surface area contributed by atoms with Crippen molar-refractivity contribution in [3.63, 3.8) is 0 Å². The van der Waals surface area contributed by atoms with Gasteiger partial charge in [0.15, 0.2) is 0 Å². The molecule has 0 radical (unpaired) electrons. The van der Waals surface area contributed by atoms with E-state index in [0.717, 1.165) is 13.0 Å². The lowest BCUT2D eigenvalue weighted by Crippen LogP contribution is -2.28. The third-order valence-electron chi connectivity index (χ3n) is 3.98. The molecule has 1 N–H and O–H groups in total. The Morgan fingerprint density at radius 3 is 2.89 bits per heavy atom. The maximum atomic E-state index is 11.5. The number of rotatable bonds is 2. The number of esters is 1. The molecule has 98 valence electrons. The van der Waals surface area contributed by atoms with Crippen LogP contribution in [0.1, 0.15) is 48.8 Å². The average molecular weight is 250 g/mol. The number of nitrogens with one attached hydrogen (secondary N) is 1. The van der Waals surface area contributed by atoms with Gasteiger partial charge in [0.25, 0.3) is 5.82 Å². The number of ether oxygens (including phenoxy) is 1. The highest BCUT2D eigenvalue weighted by Crippen LogP contribution is 2.38. The van der Waals surface area contributed by atoms with E-state index in [0.29, 0.717) is 17.9 Å². The highest BCUT2D eigenvalue weighted by molar-refractivity contribution is 5.85. The molecule has 0 saturated heterocycles. The van der Waals surface area contributed by atoms with Crippen molar-refractivity contribution in [2.75, 3.05) is 19.0 Å². The van der Waals surface area contributed by atoms with Crippen LogP contribution in [-0.2, 0) is 4.74 Å². The van der Waals surface area contributed by atoms with Gasteiger partial charge in [-0.2, -0.15) is 4.98 Å². The van der Waals surface area contributed by atoms with Gasteiger partial charge in [-0.1, -0.05) is 12.8 Å². The van der Waals surface area contributed by atoms with Crippen LogP contribution in [0.2, 0.25) is 0 Å². The number of fused-ring (bicyclic) bond motifs is 1. The summed E-state index contributed by atoms with van der Waals surface area (Å²) in [6.45, 7) is 0.903. The van der Waals surface area contributed by atoms with Crippen LogP contribution in [0.25, 0.3) is 0 Å². The minimum absolute atomic E-state index is 0.157. The third kappa shape index (κ3) is 1.85. The molecule has 0 bridgehead atoms. The van der Waals surface area contributed by atoms with E-state index in [1.54, 1.807) is 0 Å². The van der Waals surface area contributed by atoms with Crippen molar-refractivity contribution in [2.45, 2.75) is 38.1 Å². The first kappa shape index (κ1) is 11.5. The fourth-order valence-corrected chi connectivity index (χ4v) is 3.08. The first-order chi connectivity index (χ1) is 8.79. The second-order valence-electron chi connectivity index (χ2n) is 5.02. The number of carbonyl (C=O) groups excluding carboxylic acids is 1. The Morgan fingerprint density at radius 2 is 2.17 bits per heavy atom. The molecule has 18 heavy (non-hydrogen) atoms. The largest absolute Gasteiger partial charge is 0.463 e. The first-order valence-electron chi connectivity index (χ1n) is 6.58. The molecule has 2 heterocycles. The molecule has 1 fully saturated rings. The van der Waals surface area contributed by atoms with Gasteiger partial charge in [-0.3, -0.25) is 0 Å². The third-order valence-corrected chi connectivity index (χ3v) is 3.98. The summed E-state index contributed by atoms with van der Waals surface area (Å²) >= 11 is 0. The molecule has 1 aliphatic heterocycles. The van der Waals surface area contributed by atoms with Gasteiger partial charge in [0.1, 0.15) is 0 Å². The molecule has 0 amide bonds. The Balaban J connectivity index is 1.89. The molecule has 1 saturated carbocycles. The van der Waals surface area contributed by atoms with Gasteiger partial charge in [-0.15, -0.1) is 5.10 Å². The van der Waals surface area contributed by atoms with Crippen LogP contribution in [0.15, 0.2) is 0 Å². The molecule has 1 atom stereocenters. The van der Waals surface area contributed by atoms with Gasteiger partial charge >= 0.3 is 5.97 Å². The molecule has 0 spiro atoms. The Bertz CT molecular complexity index is 451. The van der Waals surface area contributed by atoms with Crippen LogP contribution in [0.3, 0.4) is 0 Å². The van der Waals surface area contributed by atoms with Gasteiger partial charge in [0.05, 0.1) is 13.2 Å². The van der Waals surface area contributed by atoms with Crippen molar-refractivity contribution in [2.24, 2.45) is 5.92 Å².